The van der Waals surface area contributed by atoms with E-state index in [-0.39, 0.29) is 17.3 Å². The van der Waals surface area contributed by atoms with Gasteiger partial charge in [-0.05, 0) is 30.7 Å². The van der Waals surface area contributed by atoms with Crippen LogP contribution in [0.2, 0.25) is 0 Å². The molecule has 0 aliphatic carbocycles. The summed E-state index contributed by atoms with van der Waals surface area (Å²) in [6.45, 7) is 1.53. The monoisotopic (exact) mass is 271 g/mol. The van der Waals surface area contributed by atoms with Crippen molar-refractivity contribution in [2.45, 2.75) is 11.8 Å². The van der Waals surface area contributed by atoms with Gasteiger partial charge in [-0.2, -0.15) is 4.31 Å². The molecular formula is C11H17N3O3S. The van der Waals surface area contributed by atoms with Gasteiger partial charge >= 0.3 is 0 Å². The van der Waals surface area contributed by atoms with Crippen LogP contribution in [-0.4, -0.2) is 39.3 Å². The minimum atomic E-state index is -3.70. The molecule has 0 radical (unpaired) electrons. The number of likely N-dealkylation sites (N-methyl/N-ethyl adjacent to an activating group) is 2. The molecule has 1 aromatic rings. The second-order valence-electron chi connectivity index (χ2n) is 4.01. The second kappa shape index (κ2) is 5.36. The highest BCUT2D eigenvalue weighted by Crippen LogP contribution is 2.19. The first-order valence-corrected chi connectivity index (χ1v) is 6.75. The number of benzene rings is 1. The van der Waals surface area contributed by atoms with Gasteiger partial charge in [0, 0.05) is 19.8 Å². The maximum absolute atomic E-state index is 12.2. The molecule has 0 heterocycles. The Bertz CT molecular complexity index is 534. The maximum Gasteiger partial charge on any atom is 0.243 e. The number of carbonyl (C=O) groups is 1. The van der Waals surface area contributed by atoms with Gasteiger partial charge in [0.15, 0.2) is 0 Å². The lowest BCUT2D eigenvalue weighted by molar-refractivity contribution is -0.120. The van der Waals surface area contributed by atoms with Gasteiger partial charge in [-0.1, -0.05) is 0 Å². The van der Waals surface area contributed by atoms with E-state index >= 15 is 0 Å². The fraction of sp³-hybridized carbons (Fsp3) is 0.364. The van der Waals surface area contributed by atoms with E-state index in [4.69, 9.17) is 5.73 Å². The molecule has 1 aromatic carbocycles. The molecule has 3 N–H and O–H groups in total. The first kappa shape index (κ1) is 14.5. The van der Waals surface area contributed by atoms with Crippen molar-refractivity contribution >= 4 is 21.6 Å². The van der Waals surface area contributed by atoms with Crippen LogP contribution in [0.3, 0.4) is 0 Å². The SMILES string of the molecule is CNC(=O)CN(C)S(=O)(=O)c1cc(C)cc(N)c1. The van der Waals surface area contributed by atoms with Gasteiger partial charge < -0.3 is 11.1 Å². The fourth-order valence-corrected chi connectivity index (χ4v) is 2.74. The molecule has 1 amide bonds. The zero-order valence-electron chi connectivity index (χ0n) is 10.6. The lowest BCUT2D eigenvalue weighted by Crippen LogP contribution is -2.36. The summed E-state index contributed by atoms with van der Waals surface area (Å²) in [7, 11) is -0.895. The molecule has 0 unspecified atom stereocenters. The number of rotatable bonds is 4. The highest BCUT2D eigenvalue weighted by molar-refractivity contribution is 7.89. The Morgan fingerprint density at radius 3 is 2.50 bits per heavy atom. The molecule has 0 aliphatic heterocycles. The maximum atomic E-state index is 12.2. The molecule has 0 spiro atoms. The molecule has 0 aromatic heterocycles. The molecule has 6 nitrogen and oxygen atoms in total. The van der Waals surface area contributed by atoms with Crippen LogP contribution in [0.4, 0.5) is 5.69 Å². The average molecular weight is 271 g/mol. The molecule has 100 valence electrons. The summed E-state index contributed by atoms with van der Waals surface area (Å²) in [5, 5.41) is 2.37. The minimum Gasteiger partial charge on any atom is -0.399 e. The summed E-state index contributed by atoms with van der Waals surface area (Å²) >= 11 is 0. The average Bonchev–Trinajstić information content (AvgIpc) is 2.27. The third kappa shape index (κ3) is 3.21. The number of amides is 1. The normalized spacial score (nSPS) is 11.6. The van der Waals surface area contributed by atoms with Crippen LogP contribution >= 0.6 is 0 Å². The molecule has 0 fully saturated rings. The molecule has 0 saturated carbocycles. The smallest absolute Gasteiger partial charge is 0.243 e. The van der Waals surface area contributed by atoms with Crippen molar-refractivity contribution in [3.05, 3.63) is 23.8 Å². The largest absolute Gasteiger partial charge is 0.399 e. The van der Waals surface area contributed by atoms with Crippen LogP contribution in [-0.2, 0) is 14.8 Å². The summed E-state index contributed by atoms with van der Waals surface area (Å²) in [6, 6.07) is 4.58. The van der Waals surface area contributed by atoms with Crippen LogP contribution < -0.4 is 11.1 Å². The Kier molecular flexibility index (Phi) is 4.31. The lowest BCUT2D eigenvalue weighted by Gasteiger charge is -2.16. The van der Waals surface area contributed by atoms with Gasteiger partial charge in [0.1, 0.15) is 0 Å². The van der Waals surface area contributed by atoms with Crippen molar-refractivity contribution in [2.75, 3.05) is 26.4 Å². The van der Waals surface area contributed by atoms with Crippen LogP contribution in [0.1, 0.15) is 5.56 Å². The number of aryl methyl sites for hydroxylation is 1. The summed E-state index contributed by atoms with van der Waals surface area (Å²) in [4.78, 5) is 11.3. The first-order chi connectivity index (χ1) is 8.27. The lowest BCUT2D eigenvalue weighted by atomic mass is 10.2. The van der Waals surface area contributed by atoms with Gasteiger partial charge in [-0.3, -0.25) is 4.79 Å². The molecule has 0 aliphatic rings. The Morgan fingerprint density at radius 2 is 2.00 bits per heavy atom. The van der Waals surface area contributed by atoms with Gasteiger partial charge in [-0.15, -0.1) is 0 Å². The second-order valence-corrected chi connectivity index (χ2v) is 6.06. The Balaban J connectivity index is 3.09. The minimum absolute atomic E-state index is 0.0893. The van der Waals surface area contributed by atoms with Crippen LogP contribution in [0.5, 0.6) is 0 Å². The number of nitrogens with zero attached hydrogens (tertiary/aromatic N) is 1. The molecule has 0 bridgehead atoms. The van der Waals surface area contributed by atoms with E-state index in [1.54, 1.807) is 13.0 Å². The van der Waals surface area contributed by atoms with E-state index in [1.807, 2.05) is 0 Å². The van der Waals surface area contributed by atoms with Crippen LogP contribution in [0.25, 0.3) is 0 Å². The van der Waals surface area contributed by atoms with Crippen molar-refractivity contribution in [3.63, 3.8) is 0 Å². The molecular weight excluding hydrogens is 254 g/mol. The number of nitrogen functional groups attached to an aromatic ring is 1. The number of hydrogen-bond acceptors (Lipinski definition) is 4. The molecule has 1 rings (SSSR count). The van der Waals surface area contributed by atoms with Crippen molar-refractivity contribution in [1.29, 1.82) is 0 Å². The van der Waals surface area contributed by atoms with E-state index in [0.717, 1.165) is 9.87 Å². The van der Waals surface area contributed by atoms with E-state index in [0.29, 0.717) is 5.69 Å². The zero-order chi connectivity index (χ0) is 13.9. The standard InChI is InChI=1S/C11H17N3O3S/c1-8-4-9(12)6-10(5-8)18(16,17)14(3)7-11(15)13-2/h4-6H,7,12H2,1-3H3,(H,13,15). The Morgan fingerprint density at radius 1 is 1.39 bits per heavy atom. The number of nitrogens with two attached hydrogens (primary N) is 1. The van der Waals surface area contributed by atoms with E-state index in [9.17, 15) is 13.2 Å². The van der Waals surface area contributed by atoms with Gasteiger partial charge in [0.25, 0.3) is 0 Å². The Labute approximate surface area is 107 Å². The summed E-state index contributed by atoms with van der Waals surface area (Å²) in [6.07, 6.45) is 0. The van der Waals surface area contributed by atoms with Gasteiger partial charge in [0.05, 0.1) is 11.4 Å². The fourth-order valence-electron chi connectivity index (χ4n) is 1.47. The molecule has 18 heavy (non-hydrogen) atoms. The third-order valence-corrected chi connectivity index (χ3v) is 4.21. The number of nitrogens with one attached hydrogen (secondary N) is 1. The van der Waals surface area contributed by atoms with Crippen LogP contribution in [0.15, 0.2) is 23.1 Å². The molecule has 7 heteroatoms. The zero-order valence-corrected chi connectivity index (χ0v) is 11.4. The van der Waals surface area contributed by atoms with E-state index in [1.165, 1.54) is 26.2 Å². The highest BCUT2D eigenvalue weighted by Gasteiger charge is 2.23. The summed E-state index contributed by atoms with van der Waals surface area (Å²) < 4.78 is 25.3. The van der Waals surface area contributed by atoms with Crippen molar-refractivity contribution in [3.8, 4) is 0 Å². The number of hydrogen-bond donors (Lipinski definition) is 2. The third-order valence-electron chi connectivity index (χ3n) is 2.43. The van der Waals surface area contributed by atoms with E-state index < -0.39 is 10.0 Å². The van der Waals surface area contributed by atoms with Crippen LogP contribution in [0, 0.1) is 6.92 Å². The van der Waals surface area contributed by atoms with Crippen molar-refractivity contribution in [2.24, 2.45) is 0 Å². The predicted octanol–water partition coefficient (Wildman–Crippen LogP) is -0.0563. The van der Waals surface area contributed by atoms with E-state index in [2.05, 4.69) is 5.32 Å². The predicted molar refractivity (Wildman–Crippen MR) is 69.5 cm³/mol. The number of sulfonamides is 1. The van der Waals surface area contributed by atoms with Crippen molar-refractivity contribution in [1.82, 2.24) is 9.62 Å². The number of anilines is 1. The summed E-state index contributed by atoms with van der Waals surface area (Å²) in [5.74, 6) is -0.373. The summed E-state index contributed by atoms with van der Waals surface area (Å²) in [5.41, 5.74) is 6.75. The topological polar surface area (TPSA) is 92.5 Å². The van der Waals surface area contributed by atoms with Gasteiger partial charge in [0.2, 0.25) is 15.9 Å². The van der Waals surface area contributed by atoms with Gasteiger partial charge in [-0.25, -0.2) is 8.42 Å². The van der Waals surface area contributed by atoms with Crippen molar-refractivity contribution < 1.29 is 13.2 Å². The Hall–Kier alpha value is -1.60. The quantitative estimate of drug-likeness (QED) is 0.751. The number of carbonyl (C=O) groups excluding carboxylic acids is 1. The molecule has 0 atom stereocenters. The molecule has 0 saturated heterocycles. The highest BCUT2D eigenvalue weighted by atomic mass is 32.2. The first-order valence-electron chi connectivity index (χ1n) is 5.31.